The second-order valence-electron chi connectivity index (χ2n) is 5.13. The fourth-order valence-corrected chi connectivity index (χ4v) is 2.91. The Morgan fingerprint density at radius 1 is 1.32 bits per heavy atom. The summed E-state index contributed by atoms with van der Waals surface area (Å²) in [4.78, 5) is 4.30. The summed E-state index contributed by atoms with van der Waals surface area (Å²) in [5.74, 6) is 0.820. The van der Waals surface area contributed by atoms with Crippen LogP contribution in [0.5, 0.6) is 0 Å². The van der Waals surface area contributed by atoms with Gasteiger partial charge in [-0.2, -0.15) is 0 Å². The van der Waals surface area contributed by atoms with Crippen LogP contribution in [-0.4, -0.2) is 22.6 Å². The summed E-state index contributed by atoms with van der Waals surface area (Å²) >= 11 is 3.47. The molecular weight excluding hydrogens is 302 g/mol. The Morgan fingerprint density at radius 2 is 2.16 bits per heavy atom. The fourth-order valence-electron chi connectivity index (χ4n) is 2.64. The van der Waals surface area contributed by atoms with Gasteiger partial charge in [-0.15, -0.1) is 0 Å². The molecule has 0 aliphatic carbocycles. The van der Waals surface area contributed by atoms with E-state index in [1.54, 1.807) is 0 Å². The van der Waals surface area contributed by atoms with Crippen molar-refractivity contribution < 1.29 is 0 Å². The molecule has 1 atom stereocenters. The predicted octanol–water partition coefficient (Wildman–Crippen LogP) is 3.31. The minimum Gasteiger partial charge on any atom is -0.331 e. The van der Waals surface area contributed by atoms with Crippen LogP contribution >= 0.6 is 15.9 Å². The molecule has 0 spiro atoms. The SMILES string of the molecule is Brc1ccc(-c2cncn2CCC2CCNC2)cc1. The van der Waals surface area contributed by atoms with Gasteiger partial charge in [0.1, 0.15) is 0 Å². The van der Waals surface area contributed by atoms with Gasteiger partial charge in [0, 0.05) is 11.0 Å². The van der Waals surface area contributed by atoms with Crippen molar-refractivity contribution in [1.82, 2.24) is 14.9 Å². The van der Waals surface area contributed by atoms with Crippen LogP contribution in [0.3, 0.4) is 0 Å². The third-order valence-corrected chi connectivity index (χ3v) is 4.32. The molecule has 0 radical (unpaired) electrons. The fraction of sp³-hybridized carbons (Fsp3) is 0.400. The van der Waals surface area contributed by atoms with Gasteiger partial charge in [0.25, 0.3) is 0 Å². The zero-order valence-electron chi connectivity index (χ0n) is 10.8. The topological polar surface area (TPSA) is 29.9 Å². The van der Waals surface area contributed by atoms with E-state index in [2.05, 4.69) is 55.1 Å². The number of aromatic nitrogens is 2. The first-order valence-corrected chi connectivity index (χ1v) is 7.59. The molecule has 100 valence electrons. The Morgan fingerprint density at radius 3 is 2.89 bits per heavy atom. The molecule has 3 nitrogen and oxygen atoms in total. The van der Waals surface area contributed by atoms with Gasteiger partial charge >= 0.3 is 0 Å². The summed E-state index contributed by atoms with van der Waals surface area (Å²) in [5.41, 5.74) is 2.43. The van der Waals surface area contributed by atoms with E-state index in [-0.39, 0.29) is 0 Å². The maximum atomic E-state index is 4.30. The lowest BCUT2D eigenvalue weighted by Crippen LogP contribution is -2.11. The summed E-state index contributed by atoms with van der Waals surface area (Å²) < 4.78 is 3.38. The van der Waals surface area contributed by atoms with E-state index in [4.69, 9.17) is 0 Å². The lowest BCUT2D eigenvalue weighted by molar-refractivity contribution is 0.481. The number of imidazole rings is 1. The van der Waals surface area contributed by atoms with Crippen LogP contribution in [0.1, 0.15) is 12.8 Å². The maximum Gasteiger partial charge on any atom is 0.0950 e. The van der Waals surface area contributed by atoms with Gasteiger partial charge in [0.2, 0.25) is 0 Å². The van der Waals surface area contributed by atoms with E-state index in [1.807, 2.05) is 12.5 Å². The zero-order chi connectivity index (χ0) is 13.1. The highest BCUT2D eigenvalue weighted by Gasteiger charge is 2.14. The largest absolute Gasteiger partial charge is 0.331 e. The van der Waals surface area contributed by atoms with Crippen molar-refractivity contribution in [2.45, 2.75) is 19.4 Å². The molecule has 19 heavy (non-hydrogen) atoms. The average molecular weight is 320 g/mol. The second kappa shape index (κ2) is 5.88. The van der Waals surface area contributed by atoms with Crippen LogP contribution in [-0.2, 0) is 6.54 Å². The minimum absolute atomic E-state index is 0.820. The van der Waals surface area contributed by atoms with Gasteiger partial charge < -0.3 is 9.88 Å². The quantitative estimate of drug-likeness (QED) is 0.937. The molecule has 1 unspecified atom stereocenters. The summed E-state index contributed by atoms with van der Waals surface area (Å²) in [6.45, 7) is 3.40. The number of hydrogen-bond donors (Lipinski definition) is 1. The number of halogens is 1. The van der Waals surface area contributed by atoms with Gasteiger partial charge in [0.15, 0.2) is 0 Å². The Kier molecular flexibility index (Phi) is 3.99. The van der Waals surface area contributed by atoms with Crippen molar-refractivity contribution >= 4 is 15.9 Å². The first-order valence-electron chi connectivity index (χ1n) is 6.80. The molecule has 1 N–H and O–H groups in total. The van der Waals surface area contributed by atoms with Gasteiger partial charge in [-0.1, -0.05) is 28.1 Å². The number of benzene rings is 1. The Hall–Kier alpha value is -1.13. The van der Waals surface area contributed by atoms with Crippen LogP contribution in [0.4, 0.5) is 0 Å². The lowest BCUT2D eigenvalue weighted by atomic mass is 10.1. The van der Waals surface area contributed by atoms with Crippen molar-refractivity contribution in [3.05, 3.63) is 41.3 Å². The normalized spacial score (nSPS) is 18.9. The van der Waals surface area contributed by atoms with Crippen molar-refractivity contribution in [3.8, 4) is 11.3 Å². The van der Waals surface area contributed by atoms with Gasteiger partial charge in [-0.25, -0.2) is 4.98 Å². The van der Waals surface area contributed by atoms with E-state index in [0.29, 0.717) is 0 Å². The van der Waals surface area contributed by atoms with Crippen molar-refractivity contribution in [2.75, 3.05) is 13.1 Å². The summed E-state index contributed by atoms with van der Waals surface area (Å²) in [7, 11) is 0. The summed E-state index contributed by atoms with van der Waals surface area (Å²) in [5, 5.41) is 3.42. The van der Waals surface area contributed by atoms with Gasteiger partial charge in [-0.3, -0.25) is 0 Å². The van der Waals surface area contributed by atoms with E-state index in [1.165, 1.54) is 37.2 Å². The molecule has 1 aliphatic rings. The number of nitrogens with one attached hydrogen (secondary N) is 1. The molecule has 0 bridgehead atoms. The Labute approximate surface area is 122 Å². The average Bonchev–Trinajstić information content (AvgIpc) is 3.08. The molecule has 1 aromatic carbocycles. The van der Waals surface area contributed by atoms with E-state index < -0.39 is 0 Å². The molecule has 0 amide bonds. The van der Waals surface area contributed by atoms with Crippen LogP contribution in [0.15, 0.2) is 41.3 Å². The van der Waals surface area contributed by atoms with E-state index in [9.17, 15) is 0 Å². The van der Waals surface area contributed by atoms with Crippen molar-refractivity contribution in [1.29, 1.82) is 0 Å². The third kappa shape index (κ3) is 3.07. The summed E-state index contributed by atoms with van der Waals surface area (Å²) in [6.07, 6.45) is 6.44. The highest BCUT2D eigenvalue weighted by atomic mass is 79.9. The smallest absolute Gasteiger partial charge is 0.0950 e. The number of rotatable bonds is 4. The first kappa shape index (κ1) is 12.9. The molecular formula is C15H18BrN3. The van der Waals surface area contributed by atoms with Gasteiger partial charge in [0.05, 0.1) is 18.2 Å². The monoisotopic (exact) mass is 319 g/mol. The van der Waals surface area contributed by atoms with Crippen LogP contribution < -0.4 is 5.32 Å². The number of hydrogen-bond acceptors (Lipinski definition) is 2. The Balaban J connectivity index is 1.72. The van der Waals surface area contributed by atoms with Crippen molar-refractivity contribution in [2.24, 2.45) is 5.92 Å². The Bertz CT molecular complexity index is 527. The molecule has 1 aliphatic heterocycles. The van der Waals surface area contributed by atoms with Crippen LogP contribution in [0.2, 0.25) is 0 Å². The predicted molar refractivity (Wildman–Crippen MR) is 81.0 cm³/mol. The molecule has 0 saturated carbocycles. The standard InChI is InChI=1S/C15H18BrN3/c16-14-3-1-13(2-4-14)15-10-18-11-19(15)8-6-12-5-7-17-9-12/h1-4,10-12,17H,5-9H2. The summed E-state index contributed by atoms with van der Waals surface area (Å²) in [6, 6.07) is 8.42. The zero-order valence-corrected chi connectivity index (χ0v) is 12.4. The molecule has 1 saturated heterocycles. The first-order chi connectivity index (χ1) is 9.33. The highest BCUT2D eigenvalue weighted by molar-refractivity contribution is 9.10. The number of aryl methyl sites for hydroxylation is 1. The molecule has 1 fully saturated rings. The third-order valence-electron chi connectivity index (χ3n) is 3.79. The van der Waals surface area contributed by atoms with Crippen LogP contribution in [0.25, 0.3) is 11.3 Å². The highest BCUT2D eigenvalue weighted by Crippen LogP contribution is 2.23. The molecule has 2 heterocycles. The molecule has 4 heteroatoms. The van der Waals surface area contributed by atoms with Crippen molar-refractivity contribution in [3.63, 3.8) is 0 Å². The van der Waals surface area contributed by atoms with Gasteiger partial charge in [-0.05, 0) is 49.5 Å². The van der Waals surface area contributed by atoms with E-state index >= 15 is 0 Å². The maximum absolute atomic E-state index is 4.30. The molecule has 3 rings (SSSR count). The second-order valence-corrected chi connectivity index (χ2v) is 6.04. The minimum atomic E-state index is 0.820. The lowest BCUT2D eigenvalue weighted by Gasteiger charge is -2.11. The van der Waals surface area contributed by atoms with E-state index in [0.717, 1.165) is 16.9 Å². The number of nitrogens with zero attached hydrogens (tertiary/aromatic N) is 2. The van der Waals surface area contributed by atoms with Crippen LogP contribution in [0, 0.1) is 5.92 Å². The molecule has 1 aromatic heterocycles. The molecule has 2 aromatic rings.